The molecule has 0 saturated carbocycles. The lowest BCUT2D eigenvalue weighted by Crippen LogP contribution is -2.16. The number of aryl methyl sites for hydroxylation is 1. The SMILES string of the molecule is CCc1cc(=O)n2nc(NC(CC(C)C)c3cccs3)sc2n1. The zero-order valence-electron chi connectivity index (χ0n) is 13.4. The molecular formula is C16H20N4OS2. The summed E-state index contributed by atoms with van der Waals surface area (Å²) in [6, 6.07) is 5.96. The third kappa shape index (κ3) is 3.61. The summed E-state index contributed by atoms with van der Waals surface area (Å²) >= 11 is 3.17. The third-order valence-electron chi connectivity index (χ3n) is 3.55. The van der Waals surface area contributed by atoms with Gasteiger partial charge in [-0.05, 0) is 30.2 Å². The van der Waals surface area contributed by atoms with E-state index in [4.69, 9.17) is 0 Å². The summed E-state index contributed by atoms with van der Waals surface area (Å²) in [5.41, 5.74) is 0.690. The van der Waals surface area contributed by atoms with E-state index in [-0.39, 0.29) is 11.6 Å². The van der Waals surface area contributed by atoms with Gasteiger partial charge < -0.3 is 5.32 Å². The number of aromatic nitrogens is 3. The molecule has 0 aromatic carbocycles. The van der Waals surface area contributed by atoms with Crippen LogP contribution in [0.5, 0.6) is 0 Å². The van der Waals surface area contributed by atoms with Gasteiger partial charge in [0, 0.05) is 16.6 Å². The summed E-state index contributed by atoms with van der Waals surface area (Å²) in [5.74, 6) is 0.566. The van der Waals surface area contributed by atoms with Crippen molar-refractivity contribution in [3.05, 3.63) is 44.5 Å². The number of nitrogens with zero attached hydrogens (tertiary/aromatic N) is 3. The lowest BCUT2D eigenvalue weighted by atomic mass is 10.0. The van der Waals surface area contributed by atoms with E-state index >= 15 is 0 Å². The smallest absolute Gasteiger partial charge is 0.275 e. The summed E-state index contributed by atoms with van der Waals surface area (Å²) in [6.07, 6.45) is 1.76. The number of thiophene rings is 1. The quantitative estimate of drug-likeness (QED) is 0.732. The molecule has 0 aliphatic carbocycles. The van der Waals surface area contributed by atoms with Crippen LogP contribution in [-0.4, -0.2) is 14.6 Å². The van der Waals surface area contributed by atoms with Crippen molar-refractivity contribution in [2.45, 2.75) is 39.7 Å². The molecule has 3 heterocycles. The average Bonchev–Trinajstić information content (AvgIpc) is 3.14. The molecule has 3 rings (SSSR count). The highest BCUT2D eigenvalue weighted by atomic mass is 32.1. The largest absolute Gasteiger partial charge is 0.352 e. The van der Waals surface area contributed by atoms with Crippen molar-refractivity contribution in [3.63, 3.8) is 0 Å². The Bertz CT molecular complexity index is 836. The van der Waals surface area contributed by atoms with Gasteiger partial charge in [-0.25, -0.2) is 4.98 Å². The predicted octanol–water partition coefficient (Wildman–Crippen LogP) is 3.97. The van der Waals surface area contributed by atoms with E-state index < -0.39 is 0 Å². The van der Waals surface area contributed by atoms with Gasteiger partial charge in [0.05, 0.1) is 6.04 Å². The van der Waals surface area contributed by atoms with Gasteiger partial charge >= 0.3 is 0 Å². The molecule has 0 aliphatic heterocycles. The Morgan fingerprint density at radius 2 is 2.22 bits per heavy atom. The maximum Gasteiger partial charge on any atom is 0.275 e. The molecule has 0 saturated heterocycles. The summed E-state index contributed by atoms with van der Waals surface area (Å²) in [5, 5.41) is 10.7. The molecule has 3 aromatic heterocycles. The van der Waals surface area contributed by atoms with E-state index in [1.54, 1.807) is 17.4 Å². The molecule has 0 radical (unpaired) electrons. The fourth-order valence-electron chi connectivity index (χ4n) is 2.45. The maximum atomic E-state index is 12.1. The minimum atomic E-state index is -0.118. The molecule has 3 aromatic rings. The Balaban J connectivity index is 1.92. The second-order valence-electron chi connectivity index (χ2n) is 5.88. The van der Waals surface area contributed by atoms with Crippen LogP contribution in [0.3, 0.4) is 0 Å². The van der Waals surface area contributed by atoms with Crippen LogP contribution in [0.25, 0.3) is 4.96 Å². The van der Waals surface area contributed by atoms with Gasteiger partial charge in [0.2, 0.25) is 10.1 Å². The van der Waals surface area contributed by atoms with Gasteiger partial charge in [0.25, 0.3) is 5.56 Å². The second-order valence-corrected chi connectivity index (χ2v) is 7.82. The molecular weight excluding hydrogens is 328 g/mol. The second kappa shape index (κ2) is 6.80. The fourth-order valence-corrected chi connectivity index (χ4v) is 4.12. The first-order valence-corrected chi connectivity index (χ1v) is 9.46. The Kier molecular flexibility index (Phi) is 4.77. The standard InChI is InChI=1S/C16H20N4OS2/c1-4-11-9-14(21)20-16(17-11)23-15(19-20)18-12(8-10(2)3)13-6-5-7-22-13/h5-7,9-10,12H,4,8H2,1-3H3,(H,18,19). The molecule has 0 amide bonds. The molecule has 0 fully saturated rings. The van der Waals surface area contributed by atoms with E-state index in [2.05, 4.69) is 46.8 Å². The van der Waals surface area contributed by atoms with Crippen LogP contribution in [0.15, 0.2) is 28.4 Å². The van der Waals surface area contributed by atoms with Gasteiger partial charge in [-0.1, -0.05) is 38.2 Å². The molecule has 23 heavy (non-hydrogen) atoms. The van der Waals surface area contributed by atoms with Crippen molar-refractivity contribution in [3.8, 4) is 0 Å². The van der Waals surface area contributed by atoms with Crippen LogP contribution in [0.4, 0.5) is 5.13 Å². The summed E-state index contributed by atoms with van der Waals surface area (Å²) in [7, 11) is 0. The molecule has 5 nitrogen and oxygen atoms in total. The molecule has 122 valence electrons. The van der Waals surface area contributed by atoms with E-state index in [0.29, 0.717) is 10.9 Å². The van der Waals surface area contributed by atoms with Gasteiger partial charge in [-0.2, -0.15) is 4.52 Å². The van der Waals surface area contributed by atoms with E-state index in [9.17, 15) is 4.79 Å². The van der Waals surface area contributed by atoms with Crippen molar-refractivity contribution >= 4 is 32.8 Å². The molecule has 0 spiro atoms. The number of hydrogen-bond donors (Lipinski definition) is 1. The topological polar surface area (TPSA) is 59.3 Å². The van der Waals surface area contributed by atoms with Crippen LogP contribution in [0, 0.1) is 5.92 Å². The number of hydrogen-bond acceptors (Lipinski definition) is 6. The summed E-state index contributed by atoms with van der Waals surface area (Å²) in [4.78, 5) is 18.5. The molecule has 1 atom stereocenters. The summed E-state index contributed by atoms with van der Waals surface area (Å²) in [6.45, 7) is 6.41. The fraction of sp³-hybridized carbons (Fsp3) is 0.438. The molecule has 0 aliphatic rings. The van der Waals surface area contributed by atoms with Crippen molar-refractivity contribution < 1.29 is 0 Å². The van der Waals surface area contributed by atoms with Gasteiger partial charge in [-0.15, -0.1) is 16.4 Å². The number of anilines is 1. The number of rotatable bonds is 6. The number of nitrogens with one attached hydrogen (secondary N) is 1. The first kappa shape index (κ1) is 16.1. The highest BCUT2D eigenvalue weighted by Gasteiger charge is 2.17. The van der Waals surface area contributed by atoms with E-state index in [0.717, 1.165) is 23.7 Å². The lowest BCUT2D eigenvalue weighted by molar-refractivity contribution is 0.535. The van der Waals surface area contributed by atoms with Crippen LogP contribution in [0.1, 0.15) is 43.8 Å². The summed E-state index contributed by atoms with van der Waals surface area (Å²) < 4.78 is 1.38. The van der Waals surface area contributed by atoms with Crippen LogP contribution in [-0.2, 0) is 6.42 Å². The zero-order valence-corrected chi connectivity index (χ0v) is 15.1. The van der Waals surface area contributed by atoms with Crippen LogP contribution >= 0.6 is 22.7 Å². The molecule has 0 bridgehead atoms. The number of fused-ring (bicyclic) bond motifs is 1. The Labute approximate surface area is 143 Å². The van der Waals surface area contributed by atoms with Gasteiger partial charge in [0.1, 0.15) is 0 Å². The Morgan fingerprint density at radius 1 is 1.39 bits per heavy atom. The highest BCUT2D eigenvalue weighted by Crippen LogP contribution is 2.30. The van der Waals surface area contributed by atoms with Crippen LogP contribution in [0.2, 0.25) is 0 Å². The first-order valence-electron chi connectivity index (χ1n) is 7.76. The lowest BCUT2D eigenvalue weighted by Gasteiger charge is -2.18. The van der Waals surface area contributed by atoms with Crippen molar-refractivity contribution in [2.24, 2.45) is 5.92 Å². The molecule has 1 N–H and O–H groups in total. The van der Waals surface area contributed by atoms with Gasteiger partial charge in [-0.3, -0.25) is 4.79 Å². The minimum absolute atomic E-state index is 0.118. The van der Waals surface area contributed by atoms with E-state index in [1.807, 2.05) is 6.92 Å². The predicted molar refractivity (Wildman–Crippen MR) is 96.6 cm³/mol. The molecule has 1 unspecified atom stereocenters. The van der Waals surface area contributed by atoms with E-state index in [1.165, 1.54) is 20.7 Å². The normalized spacial score (nSPS) is 12.9. The van der Waals surface area contributed by atoms with Crippen LogP contribution < -0.4 is 10.9 Å². The Hall–Kier alpha value is -1.73. The van der Waals surface area contributed by atoms with Crippen molar-refractivity contribution in [1.29, 1.82) is 0 Å². The molecule has 7 heteroatoms. The van der Waals surface area contributed by atoms with Crippen molar-refractivity contribution in [1.82, 2.24) is 14.6 Å². The minimum Gasteiger partial charge on any atom is -0.352 e. The highest BCUT2D eigenvalue weighted by molar-refractivity contribution is 7.20. The monoisotopic (exact) mass is 348 g/mol. The maximum absolute atomic E-state index is 12.1. The zero-order chi connectivity index (χ0) is 16.4. The Morgan fingerprint density at radius 3 is 2.87 bits per heavy atom. The van der Waals surface area contributed by atoms with Crippen molar-refractivity contribution in [2.75, 3.05) is 5.32 Å². The average molecular weight is 348 g/mol. The van der Waals surface area contributed by atoms with Gasteiger partial charge in [0.15, 0.2) is 0 Å². The third-order valence-corrected chi connectivity index (χ3v) is 5.38. The first-order chi connectivity index (χ1) is 11.1.